The van der Waals surface area contributed by atoms with Gasteiger partial charge in [0, 0.05) is 45.0 Å². The van der Waals surface area contributed by atoms with Crippen LogP contribution in [-0.4, -0.2) is 55.7 Å². The Morgan fingerprint density at radius 2 is 1.91 bits per heavy atom. The number of benzene rings is 2. The maximum atomic E-state index is 13.4. The lowest BCUT2D eigenvalue weighted by Gasteiger charge is -2.49. The largest absolute Gasteiger partial charge is 0.416 e. The lowest BCUT2D eigenvalue weighted by Crippen LogP contribution is -2.61. The summed E-state index contributed by atoms with van der Waals surface area (Å²) in [5.74, 6) is -0.922. The fourth-order valence-electron chi connectivity index (χ4n) is 5.50. The van der Waals surface area contributed by atoms with Gasteiger partial charge in [-0.2, -0.15) is 13.2 Å². The van der Waals surface area contributed by atoms with Crippen LogP contribution in [0.25, 0.3) is 0 Å². The molecule has 9 heteroatoms. The number of fused-ring (bicyclic) bond motifs is 3. The summed E-state index contributed by atoms with van der Waals surface area (Å²) in [6.07, 6.45) is -2.33. The van der Waals surface area contributed by atoms with Gasteiger partial charge in [0.2, 0.25) is 5.91 Å². The van der Waals surface area contributed by atoms with Crippen molar-refractivity contribution in [3.05, 3.63) is 65.0 Å². The summed E-state index contributed by atoms with van der Waals surface area (Å²) in [6.45, 7) is 3.60. The molecule has 5 nitrogen and oxygen atoms in total. The molecule has 35 heavy (non-hydrogen) atoms. The van der Waals surface area contributed by atoms with Crippen molar-refractivity contribution in [2.24, 2.45) is 5.92 Å². The molecule has 2 aromatic carbocycles. The molecule has 188 valence electrons. The van der Waals surface area contributed by atoms with Crippen molar-refractivity contribution in [2.75, 3.05) is 37.7 Å². The lowest BCUT2D eigenvalue weighted by atomic mass is 9.82. The average Bonchev–Trinajstić information content (AvgIpc) is 3.36. The van der Waals surface area contributed by atoms with E-state index in [9.17, 15) is 22.4 Å². The van der Waals surface area contributed by atoms with Gasteiger partial charge >= 0.3 is 6.18 Å². The summed E-state index contributed by atoms with van der Waals surface area (Å²) in [5.41, 5.74) is 1.61. The van der Waals surface area contributed by atoms with E-state index in [1.807, 2.05) is 0 Å². The van der Waals surface area contributed by atoms with E-state index in [-0.39, 0.29) is 30.3 Å². The molecule has 0 radical (unpaired) electrons. The first-order valence-corrected chi connectivity index (χ1v) is 12.1. The van der Waals surface area contributed by atoms with Crippen LogP contribution in [-0.2, 0) is 28.7 Å². The summed E-state index contributed by atoms with van der Waals surface area (Å²) >= 11 is 0. The molecule has 3 aliphatic heterocycles. The molecule has 3 aliphatic rings. The fourth-order valence-corrected chi connectivity index (χ4v) is 5.50. The van der Waals surface area contributed by atoms with Crippen LogP contribution in [0.5, 0.6) is 0 Å². The Hall–Kier alpha value is -2.65. The zero-order valence-electron chi connectivity index (χ0n) is 19.4. The second-order valence-corrected chi connectivity index (χ2v) is 9.65. The number of hydrogen-bond acceptors (Lipinski definition) is 4. The Balaban J connectivity index is 1.38. The molecular weight excluding hydrogens is 462 g/mol. The highest BCUT2D eigenvalue weighted by Crippen LogP contribution is 2.40. The lowest BCUT2D eigenvalue weighted by molar-refractivity contribution is -0.137. The van der Waals surface area contributed by atoms with Crippen LogP contribution in [0.4, 0.5) is 23.2 Å². The van der Waals surface area contributed by atoms with Gasteiger partial charge in [0.1, 0.15) is 5.82 Å². The number of carbonyl (C=O) groups is 1. The number of piperazine rings is 1. The zero-order valence-corrected chi connectivity index (χ0v) is 19.4. The van der Waals surface area contributed by atoms with E-state index in [1.54, 1.807) is 18.2 Å². The van der Waals surface area contributed by atoms with Crippen molar-refractivity contribution in [1.82, 2.24) is 10.2 Å². The molecule has 3 atom stereocenters. The molecular formula is C26H29F4N3O2. The van der Waals surface area contributed by atoms with E-state index in [0.717, 1.165) is 30.2 Å². The van der Waals surface area contributed by atoms with Crippen LogP contribution >= 0.6 is 0 Å². The maximum Gasteiger partial charge on any atom is 0.416 e. The normalized spacial score (nSPS) is 24.7. The molecule has 2 saturated heterocycles. The molecule has 0 bridgehead atoms. The Morgan fingerprint density at radius 1 is 1.11 bits per heavy atom. The number of carbonyl (C=O) groups excluding carboxylic acids is 1. The number of rotatable bonds is 5. The van der Waals surface area contributed by atoms with Gasteiger partial charge < -0.3 is 15.0 Å². The Kier molecular flexibility index (Phi) is 6.72. The molecule has 0 spiro atoms. The van der Waals surface area contributed by atoms with Gasteiger partial charge in [-0.15, -0.1) is 0 Å². The van der Waals surface area contributed by atoms with Gasteiger partial charge in [0.15, 0.2) is 0 Å². The average molecular weight is 492 g/mol. The van der Waals surface area contributed by atoms with Crippen molar-refractivity contribution in [3.8, 4) is 0 Å². The van der Waals surface area contributed by atoms with Gasteiger partial charge in [0.05, 0.1) is 23.6 Å². The van der Waals surface area contributed by atoms with Crippen molar-refractivity contribution in [2.45, 2.75) is 44.1 Å². The Labute approximate surface area is 202 Å². The van der Waals surface area contributed by atoms with Gasteiger partial charge in [-0.25, -0.2) is 4.39 Å². The minimum Gasteiger partial charge on any atom is -0.376 e. The van der Waals surface area contributed by atoms with Gasteiger partial charge in [-0.05, 0) is 60.7 Å². The third-order valence-corrected chi connectivity index (χ3v) is 7.31. The number of amides is 1. The standard InChI is InChI=1S/C26H29F4N3O2/c27-20-6-3-17(4-7-20)15-32-9-10-33-23-8-5-19(26(28,29)30)12-18(23)13-22(24(33)16-32)25(34)31-14-21-2-1-11-35-21/h3-8,12,21-22,24H,1-2,9-11,13-16H2,(H,31,34). The summed E-state index contributed by atoms with van der Waals surface area (Å²) in [7, 11) is 0. The highest BCUT2D eigenvalue weighted by atomic mass is 19.4. The van der Waals surface area contributed by atoms with Crippen molar-refractivity contribution < 1.29 is 27.1 Å². The van der Waals surface area contributed by atoms with Gasteiger partial charge in [-0.3, -0.25) is 9.69 Å². The predicted octanol–water partition coefficient (Wildman–Crippen LogP) is 4.00. The van der Waals surface area contributed by atoms with E-state index in [2.05, 4.69) is 15.1 Å². The zero-order chi connectivity index (χ0) is 24.6. The maximum absolute atomic E-state index is 13.4. The number of ether oxygens (including phenoxy) is 1. The van der Waals surface area contributed by atoms with Gasteiger partial charge in [-0.1, -0.05) is 12.1 Å². The summed E-state index contributed by atoms with van der Waals surface area (Å²) < 4.78 is 59.1. The number of hydrogen-bond donors (Lipinski definition) is 1. The van der Waals surface area contributed by atoms with Gasteiger partial charge in [0.25, 0.3) is 0 Å². The van der Waals surface area contributed by atoms with E-state index in [1.165, 1.54) is 18.2 Å². The first kappa shape index (κ1) is 24.1. The van der Waals surface area contributed by atoms with Crippen molar-refractivity contribution >= 4 is 11.6 Å². The van der Waals surface area contributed by atoms with E-state index in [0.29, 0.717) is 44.9 Å². The highest BCUT2D eigenvalue weighted by Gasteiger charge is 2.42. The third kappa shape index (κ3) is 5.30. The quantitative estimate of drug-likeness (QED) is 0.643. The molecule has 1 N–H and O–H groups in total. The van der Waals surface area contributed by atoms with Crippen LogP contribution < -0.4 is 10.2 Å². The van der Waals surface area contributed by atoms with Crippen LogP contribution in [0, 0.1) is 11.7 Å². The Morgan fingerprint density at radius 3 is 2.63 bits per heavy atom. The predicted molar refractivity (Wildman–Crippen MR) is 123 cm³/mol. The molecule has 2 aromatic rings. The number of halogens is 4. The van der Waals surface area contributed by atoms with Crippen LogP contribution in [0.1, 0.15) is 29.5 Å². The second kappa shape index (κ2) is 9.78. The van der Waals surface area contributed by atoms with Crippen LogP contribution in [0.15, 0.2) is 42.5 Å². The Bertz CT molecular complexity index is 1050. The summed E-state index contributed by atoms with van der Waals surface area (Å²) in [6, 6.07) is 10.1. The molecule has 5 rings (SSSR count). The van der Waals surface area contributed by atoms with Crippen molar-refractivity contribution in [1.29, 1.82) is 0 Å². The number of nitrogens with one attached hydrogen (secondary N) is 1. The number of anilines is 1. The monoisotopic (exact) mass is 491 g/mol. The molecule has 3 unspecified atom stereocenters. The number of nitrogens with zero attached hydrogens (tertiary/aromatic N) is 2. The molecule has 2 fully saturated rings. The van der Waals surface area contributed by atoms with E-state index >= 15 is 0 Å². The molecule has 0 aromatic heterocycles. The van der Waals surface area contributed by atoms with E-state index < -0.39 is 17.7 Å². The fraction of sp³-hybridized carbons (Fsp3) is 0.500. The third-order valence-electron chi connectivity index (χ3n) is 7.31. The highest BCUT2D eigenvalue weighted by molar-refractivity contribution is 5.82. The molecule has 3 heterocycles. The molecule has 1 amide bonds. The summed E-state index contributed by atoms with van der Waals surface area (Å²) in [4.78, 5) is 17.6. The van der Waals surface area contributed by atoms with Crippen LogP contribution in [0.2, 0.25) is 0 Å². The topological polar surface area (TPSA) is 44.8 Å². The van der Waals surface area contributed by atoms with Crippen molar-refractivity contribution in [3.63, 3.8) is 0 Å². The summed E-state index contributed by atoms with van der Waals surface area (Å²) in [5, 5.41) is 3.00. The van der Waals surface area contributed by atoms with E-state index in [4.69, 9.17) is 4.74 Å². The van der Waals surface area contributed by atoms with Crippen LogP contribution in [0.3, 0.4) is 0 Å². The minimum atomic E-state index is -4.43. The first-order valence-electron chi connectivity index (χ1n) is 12.1. The first-order chi connectivity index (χ1) is 16.8. The number of alkyl halides is 3. The second-order valence-electron chi connectivity index (χ2n) is 9.65. The smallest absolute Gasteiger partial charge is 0.376 e. The molecule has 0 aliphatic carbocycles. The minimum absolute atomic E-state index is 0.0101. The molecule has 0 saturated carbocycles. The SMILES string of the molecule is O=C(NCC1CCCO1)C1Cc2cc(C(F)(F)F)ccc2N2CCN(Cc3ccc(F)cc3)CC12.